The lowest BCUT2D eigenvalue weighted by atomic mass is 10.2. The van der Waals surface area contributed by atoms with Gasteiger partial charge < -0.3 is 4.74 Å². The van der Waals surface area contributed by atoms with Gasteiger partial charge in [-0.2, -0.15) is 9.78 Å². The number of carbonyl (C=O) groups is 1. The number of rotatable bonds is 2. The Morgan fingerprint density at radius 3 is 2.80 bits per heavy atom. The molecule has 0 saturated carbocycles. The summed E-state index contributed by atoms with van der Waals surface area (Å²) in [6.45, 7) is 2.25. The van der Waals surface area contributed by atoms with Gasteiger partial charge in [-0.15, -0.1) is 0 Å². The average Bonchev–Trinajstić information content (AvgIpc) is 2.89. The molecule has 0 bridgehead atoms. The van der Waals surface area contributed by atoms with E-state index in [1.807, 2.05) is 55.5 Å². The Bertz CT molecular complexity index is 748. The van der Waals surface area contributed by atoms with E-state index < -0.39 is 6.09 Å². The van der Waals surface area contributed by atoms with Gasteiger partial charge in [0.2, 0.25) is 0 Å². The Balaban J connectivity index is 1.75. The number of hydrogen-bond donors (Lipinski definition) is 0. The third-order valence-electron chi connectivity index (χ3n) is 3.05. The van der Waals surface area contributed by atoms with Crippen LogP contribution in [0.4, 0.5) is 4.79 Å². The van der Waals surface area contributed by atoms with Gasteiger partial charge in [-0.25, -0.2) is 4.79 Å². The predicted octanol–water partition coefficient (Wildman–Crippen LogP) is 3.53. The molecular weight excluding hydrogens is 252 g/mol. The number of nitrogens with zero attached hydrogens (tertiary/aromatic N) is 2. The van der Waals surface area contributed by atoms with Crippen LogP contribution in [0.5, 0.6) is 0 Å². The minimum Gasteiger partial charge on any atom is -0.443 e. The van der Waals surface area contributed by atoms with E-state index in [9.17, 15) is 4.79 Å². The van der Waals surface area contributed by atoms with Crippen molar-refractivity contribution in [2.24, 2.45) is 0 Å². The molecule has 0 aliphatic carbocycles. The van der Waals surface area contributed by atoms with E-state index in [0.29, 0.717) is 0 Å². The highest BCUT2D eigenvalue weighted by molar-refractivity contribution is 5.82. The fraction of sp³-hybridized carbons (Fsp3) is 0.125. The van der Waals surface area contributed by atoms with Gasteiger partial charge in [-0.1, -0.05) is 42.0 Å². The van der Waals surface area contributed by atoms with Crippen molar-refractivity contribution < 1.29 is 9.53 Å². The molecular formula is C16H14N2O2. The Morgan fingerprint density at radius 2 is 2.00 bits per heavy atom. The number of aromatic nitrogens is 2. The lowest BCUT2D eigenvalue weighted by molar-refractivity contribution is 0.138. The van der Waals surface area contributed by atoms with Crippen molar-refractivity contribution in [2.75, 3.05) is 0 Å². The normalized spacial score (nSPS) is 10.7. The molecule has 0 radical (unpaired) electrons. The molecule has 1 heterocycles. The number of fused-ring (bicyclic) bond motifs is 1. The first kappa shape index (κ1) is 12.4. The molecule has 0 unspecified atom stereocenters. The van der Waals surface area contributed by atoms with E-state index >= 15 is 0 Å². The molecule has 2 aromatic carbocycles. The van der Waals surface area contributed by atoms with Crippen molar-refractivity contribution in [3.8, 4) is 0 Å². The third kappa shape index (κ3) is 2.54. The zero-order valence-corrected chi connectivity index (χ0v) is 11.1. The SMILES string of the molecule is Cc1ccc2nn(C(=O)OCc3ccccc3)cc2c1. The molecule has 0 fully saturated rings. The van der Waals surface area contributed by atoms with E-state index in [-0.39, 0.29) is 6.61 Å². The van der Waals surface area contributed by atoms with Crippen LogP contribution in [0.1, 0.15) is 11.1 Å². The van der Waals surface area contributed by atoms with Gasteiger partial charge in [0.15, 0.2) is 0 Å². The van der Waals surface area contributed by atoms with Crippen LogP contribution in [-0.2, 0) is 11.3 Å². The van der Waals surface area contributed by atoms with Crippen molar-refractivity contribution >= 4 is 17.0 Å². The lowest BCUT2D eigenvalue weighted by Gasteiger charge is -2.03. The second-order valence-corrected chi connectivity index (χ2v) is 4.68. The van der Waals surface area contributed by atoms with Crippen LogP contribution in [0.15, 0.2) is 54.7 Å². The summed E-state index contributed by atoms with van der Waals surface area (Å²) in [5, 5.41) is 5.14. The molecule has 3 rings (SSSR count). The summed E-state index contributed by atoms with van der Waals surface area (Å²) < 4.78 is 6.48. The topological polar surface area (TPSA) is 44.1 Å². The first-order valence-corrected chi connectivity index (χ1v) is 6.39. The number of aryl methyl sites for hydroxylation is 1. The van der Waals surface area contributed by atoms with Gasteiger partial charge in [-0.05, 0) is 24.6 Å². The Morgan fingerprint density at radius 1 is 1.20 bits per heavy atom. The summed E-state index contributed by atoms with van der Waals surface area (Å²) in [5.41, 5.74) is 2.87. The fourth-order valence-electron chi connectivity index (χ4n) is 2.02. The van der Waals surface area contributed by atoms with Crippen LogP contribution in [0.25, 0.3) is 10.9 Å². The summed E-state index contributed by atoms with van der Waals surface area (Å²) in [5.74, 6) is 0. The second-order valence-electron chi connectivity index (χ2n) is 4.68. The molecule has 0 aliphatic rings. The highest BCUT2D eigenvalue weighted by Gasteiger charge is 2.09. The van der Waals surface area contributed by atoms with E-state index in [0.717, 1.165) is 22.0 Å². The van der Waals surface area contributed by atoms with Crippen LogP contribution in [0.2, 0.25) is 0 Å². The first-order valence-electron chi connectivity index (χ1n) is 6.39. The third-order valence-corrected chi connectivity index (χ3v) is 3.05. The first-order chi connectivity index (χ1) is 9.72. The van der Waals surface area contributed by atoms with Gasteiger partial charge in [0.05, 0.1) is 5.52 Å². The molecule has 0 N–H and O–H groups in total. The second kappa shape index (κ2) is 5.17. The molecule has 0 amide bonds. The number of benzene rings is 2. The van der Waals surface area contributed by atoms with E-state index in [1.165, 1.54) is 4.68 Å². The Kier molecular flexibility index (Phi) is 3.21. The van der Waals surface area contributed by atoms with Crippen molar-refractivity contribution in [3.05, 3.63) is 65.9 Å². The molecule has 1 aromatic heterocycles. The van der Waals surface area contributed by atoms with E-state index in [2.05, 4.69) is 5.10 Å². The molecule has 20 heavy (non-hydrogen) atoms. The Labute approximate surface area is 116 Å². The van der Waals surface area contributed by atoms with Crippen LogP contribution >= 0.6 is 0 Å². The van der Waals surface area contributed by atoms with Crippen LogP contribution in [-0.4, -0.2) is 15.9 Å². The van der Waals surface area contributed by atoms with Gasteiger partial charge >= 0.3 is 6.09 Å². The Hall–Kier alpha value is -2.62. The maximum absolute atomic E-state index is 12.0. The molecule has 4 heteroatoms. The van der Waals surface area contributed by atoms with Gasteiger partial charge in [0.25, 0.3) is 0 Å². The molecule has 0 spiro atoms. The largest absolute Gasteiger partial charge is 0.443 e. The lowest BCUT2D eigenvalue weighted by Crippen LogP contribution is -2.13. The fourth-order valence-corrected chi connectivity index (χ4v) is 2.02. The average molecular weight is 266 g/mol. The maximum atomic E-state index is 12.0. The van der Waals surface area contributed by atoms with Crippen LogP contribution in [0.3, 0.4) is 0 Å². The standard InChI is InChI=1S/C16H14N2O2/c1-12-7-8-15-14(9-12)10-18(17-15)16(19)20-11-13-5-3-2-4-6-13/h2-10H,11H2,1H3. The number of carbonyl (C=O) groups excluding carboxylic acids is 1. The summed E-state index contributed by atoms with van der Waals surface area (Å²) >= 11 is 0. The minimum absolute atomic E-state index is 0.245. The van der Waals surface area contributed by atoms with Crippen LogP contribution in [0, 0.1) is 6.92 Å². The van der Waals surface area contributed by atoms with Gasteiger partial charge in [-0.3, -0.25) is 0 Å². The number of ether oxygens (including phenoxy) is 1. The van der Waals surface area contributed by atoms with Gasteiger partial charge in [0, 0.05) is 11.6 Å². The molecule has 100 valence electrons. The monoisotopic (exact) mass is 266 g/mol. The molecule has 0 aliphatic heterocycles. The van der Waals surface area contributed by atoms with Crippen LogP contribution < -0.4 is 0 Å². The highest BCUT2D eigenvalue weighted by atomic mass is 16.6. The van der Waals surface area contributed by atoms with E-state index in [4.69, 9.17) is 4.74 Å². The summed E-state index contributed by atoms with van der Waals surface area (Å²) in [4.78, 5) is 12.0. The summed E-state index contributed by atoms with van der Waals surface area (Å²) in [6.07, 6.45) is 1.22. The zero-order valence-electron chi connectivity index (χ0n) is 11.1. The van der Waals surface area contributed by atoms with Crippen molar-refractivity contribution in [2.45, 2.75) is 13.5 Å². The molecule has 3 aromatic rings. The predicted molar refractivity (Wildman–Crippen MR) is 76.5 cm³/mol. The van der Waals surface area contributed by atoms with E-state index in [1.54, 1.807) is 6.20 Å². The smallest absolute Gasteiger partial charge is 0.435 e. The minimum atomic E-state index is -0.470. The molecule has 0 saturated heterocycles. The summed E-state index contributed by atoms with van der Waals surface area (Å²) in [7, 11) is 0. The quantitative estimate of drug-likeness (QED) is 0.712. The van der Waals surface area contributed by atoms with Gasteiger partial charge in [0.1, 0.15) is 6.61 Å². The van der Waals surface area contributed by atoms with Crippen molar-refractivity contribution in [1.82, 2.24) is 9.78 Å². The zero-order chi connectivity index (χ0) is 13.9. The molecule has 4 nitrogen and oxygen atoms in total. The molecule has 0 atom stereocenters. The van der Waals surface area contributed by atoms with Crippen molar-refractivity contribution in [1.29, 1.82) is 0 Å². The number of hydrogen-bond acceptors (Lipinski definition) is 3. The highest BCUT2D eigenvalue weighted by Crippen LogP contribution is 2.14. The maximum Gasteiger partial charge on any atom is 0.435 e. The van der Waals surface area contributed by atoms with Crippen molar-refractivity contribution in [3.63, 3.8) is 0 Å². The summed E-state index contributed by atoms with van der Waals surface area (Å²) in [6, 6.07) is 15.4.